The number of fused-ring (bicyclic) bond motifs is 1. The summed E-state index contributed by atoms with van der Waals surface area (Å²) in [6, 6.07) is 8.76. The minimum atomic E-state index is 0.0360. The maximum Gasteiger partial charge on any atom is 0.228 e. The van der Waals surface area contributed by atoms with Crippen LogP contribution >= 0.6 is 0 Å². The molecule has 1 aromatic rings. The summed E-state index contributed by atoms with van der Waals surface area (Å²) in [6.45, 7) is 6.32. The Morgan fingerprint density at radius 1 is 1.47 bits per heavy atom. The third-order valence-electron chi connectivity index (χ3n) is 4.36. The first-order chi connectivity index (χ1) is 9.04. The molecule has 1 heterocycles. The van der Waals surface area contributed by atoms with E-state index in [1.54, 1.807) is 0 Å². The first kappa shape index (κ1) is 13.9. The largest absolute Gasteiger partial charge is 0.382 e. The quantitative estimate of drug-likeness (QED) is 0.906. The zero-order chi connectivity index (χ0) is 14.0. The number of carbonyl (C=O) groups is 1. The molecule has 0 aliphatic carbocycles. The first-order valence-corrected chi connectivity index (χ1v) is 7.15. The van der Waals surface area contributed by atoms with Crippen molar-refractivity contribution < 1.29 is 4.79 Å². The zero-order valence-corrected chi connectivity index (χ0v) is 12.3. The molecular formula is C16H24N2O. The number of hydrogen-bond donors (Lipinski definition) is 1. The molecule has 0 spiro atoms. The molecule has 19 heavy (non-hydrogen) atoms. The lowest BCUT2D eigenvalue weighted by molar-refractivity contribution is -0.136. The van der Waals surface area contributed by atoms with Gasteiger partial charge >= 0.3 is 0 Å². The zero-order valence-electron chi connectivity index (χ0n) is 12.3. The molecule has 0 aromatic heterocycles. The summed E-state index contributed by atoms with van der Waals surface area (Å²) in [5.74, 6) is 0.290. The fourth-order valence-electron chi connectivity index (χ4n) is 2.65. The second kappa shape index (κ2) is 5.64. The van der Waals surface area contributed by atoms with Gasteiger partial charge in [-0.05, 0) is 38.3 Å². The van der Waals surface area contributed by atoms with Crippen molar-refractivity contribution in [3.63, 3.8) is 0 Å². The number of nitrogens with zero attached hydrogens (tertiary/aromatic N) is 1. The molecule has 1 aliphatic rings. The number of rotatable bonds is 3. The molecule has 2 rings (SSSR count). The van der Waals surface area contributed by atoms with Crippen LogP contribution in [0, 0.1) is 5.92 Å². The van der Waals surface area contributed by atoms with E-state index in [4.69, 9.17) is 0 Å². The molecular weight excluding hydrogens is 236 g/mol. The second-order valence-corrected chi connectivity index (χ2v) is 5.61. The molecule has 1 N–H and O–H groups in total. The number of nitrogens with one attached hydrogen (secondary N) is 1. The van der Waals surface area contributed by atoms with Crippen LogP contribution in [0.3, 0.4) is 0 Å². The highest BCUT2D eigenvalue weighted by atomic mass is 16.2. The van der Waals surface area contributed by atoms with Gasteiger partial charge in [0.1, 0.15) is 0 Å². The Bertz CT molecular complexity index is 458. The number of hydrogen-bond acceptors (Lipinski definition) is 2. The van der Waals surface area contributed by atoms with Crippen molar-refractivity contribution in [2.24, 2.45) is 5.92 Å². The predicted octanol–water partition coefficient (Wildman–Crippen LogP) is 2.92. The normalized spacial score (nSPS) is 23.2. The van der Waals surface area contributed by atoms with Crippen LogP contribution in [0.4, 0.5) is 5.69 Å². The Morgan fingerprint density at radius 2 is 2.16 bits per heavy atom. The van der Waals surface area contributed by atoms with Crippen LogP contribution in [0.5, 0.6) is 0 Å². The molecule has 1 aromatic carbocycles. The average Bonchev–Trinajstić information content (AvgIpc) is 2.44. The maximum atomic E-state index is 12.6. The smallest absolute Gasteiger partial charge is 0.228 e. The highest BCUT2D eigenvalue weighted by Gasteiger charge is 2.33. The van der Waals surface area contributed by atoms with Crippen LogP contribution in [0.15, 0.2) is 24.3 Å². The van der Waals surface area contributed by atoms with E-state index in [1.807, 2.05) is 24.1 Å². The fourth-order valence-corrected chi connectivity index (χ4v) is 2.65. The minimum absolute atomic E-state index is 0.0360. The number of anilines is 1. The van der Waals surface area contributed by atoms with E-state index in [2.05, 4.69) is 38.2 Å². The Balaban J connectivity index is 2.16. The average molecular weight is 260 g/mol. The molecule has 3 nitrogen and oxygen atoms in total. The Kier molecular flexibility index (Phi) is 4.13. The lowest BCUT2D eigenvalue weighted by Crippen LogP contribution is -2.46. The van der Waals surface area contributed by atoms with Gasteiger partial charge in [0.05, 0.1) is 5.92 Å². The van der Waals surface area contributed by atoms with Gasteiger partial charge in [-0.1, -0.05) is 25.1 Å². The molecule has 1 amide bonds. The van der Waals surface area contributed by atoms with Crippen molar-refractivity contribution in [1.29, 1.82) is 0 Å². The third-order valence-corrected chi connectivity index (χ3v) is 4.36. The maximum absolute atomic E-state index is 12.6. The molecule has 3 atom stereocenters. The van der Waals surface area contributed by atoms with E-state index in [-0.39, 0.29) is 17.9 Å². The van der Waals surface area contributed by atoms with Gasteiger partial charge in [0, 0.05) is 24.8 Å². The van der Waals surface area contributed by atoms with E-state index < -0.39 is 0 Å². The molecule has 3 unspecified atom stereocenters. The lowest BCUT2D eigenvalue weighted by atomic mass is 9.87. The van der Waals surface area contributed by atoms with E-state index >= 15 is 0 Å². The summed E-state index contributed by atoms with van der Waals surface area (Å²) < 4.78 is 0. The fraction of sp³-hybridized carbons (Fsp3) is 0.562. The van der Waals surface area contributed by atoms with Crippen LogP contribution < -0.4 is 5.32 Å². The van der Waals surface area contributed by atoms with Crippen molar-refractivity contribution in [3.8, 4) is 0 Å². The van der Waals surface area contributed by atoms with E-state index in [9.17, 15) is 4.79 Å². The van der Waals surface area contributed by atoms with Gasteiger partial charge in [0.15, 0.2) is 0 Å². The third kappa shape index (κ3) is 2.75. The van der Waals surface area contributed by atoms with Gasteiger partial charge in [-0.3, -0.25) is 4.79 Å². The van der Waals surface area contributed by atoms with Crippen molar-refractivity contribution >= 4 is 11.6 Å². The molecule has 3 heteroatoms. The number of benzene rings is 1. The molecule has 0 radical (unpaired) electrons. The highest BCUT2D eigenvalue weighted by Crippen LogP contribution is 2.29. The summed E-state index contributed by atoms with van der Waals surface area (Å²) in [7, 11) is 1.92. The Hall–Kier alpha value is -1.51. The molecule has 104 valence electrons. The van der Waals surface area contributed by atoms with Gasteiger partial charge in [-0.2, -0.15) is 0 Å². The van der Waals surface area contributed by atoms with Crippen molar-refractivity contribution in [2.75, 3.05) is 12.4 Å². The summed E-state index contributed by atoms with van der Waals surface area (Å²) in [5, 5.41) is 3.46. The van der Waals surface area contributed by atoms with Crippen molar-refractivity contribution in [3.05, 3.63) is 29.8 Å². The summed E-state index contributed by atoms with van der Waals surface area (Å²) in [5.41, 5.74) is 2.42. The van der Waals surface area contributed by atoms with Gasteiger partial charge < -0.3 is 10.2 Å². The van der Waals surface area contributed by atoms with E-state index in [0.29, 0.717) is 6.04 Å². The standard InChI is InChI=1S/C16H24N2O/c1-5-11(2)18(4)16(19)14-10-13-8-6-7-9-15(13)17-12(14)3/h6-9,11-12,14,17H,5,10H2,1-4H3. The predicted molar refractivity (Wildman–Crippen MR) is 79.2 cm³/mol. The van der Waals surface area contributed by atoms with Crippen LogP contribution in [-0.2, 0) is 11.2 Å². The minimum Gasteiger partial charge on any atom is -0.382 e. The number of para-hydroxylation sites is 1. The monoisotopic (exact) mass is 260 g/mol. The Morgan fingerprint density at radius 3 is 2.84 bits per heavy atom. The van der Waals surface area contributed by atoms with Crippen molar-refractivity contribution in [1.82, 2.24) is 4.90 Å². The topological polar surface area (TPSA) is 32.3 Å². The highest BCUT2D eigenvalue weighted by molar-refractivity contribution is 5.81. The van der Waals surface area contributed by atoms with E-state index in [1.165, 1.54) is 11.3 Å². The summed E-state index contributed by atoms with van der Waals surface area (Å²) >= 11 is 0. The number of carbonyl (C=O) groups excluding carboxylic acids is 1. The molecule has 0 bridgehead atoms. The van der Waals surface area contributed by atoms with Crippen LogP contribution in [0.1, 0.15) is 32.8 Å². The first-order valence-electron chi connectivity index (χ1n) is 7.15. The number of amides is 1. The van der Waals surface area contributed by atoms with Gasteiger partial charge in [-0.15, -0.1) is 0 Å². The second-order valence-electron chi connectivity index (χ2n) is 5.61. The van der Waals surface area contributed by atoms with Crippen LogP contribution in [-0.4, -0.2) is 29.9 Å². The molecule has 0 fully saturated rings. The summed E-state index contributed by atoms with van der Waals surface area (Å²) in [4.78, 5) is 14.5. The van der Waals surface area contributed by atoms with Crippen LogP contribution in [0.2, 0.25) is 0 Å². The van der Waals surface area contributed by atoms with Gasteiger partial charge in [-0.25, -0.2) is 0 Å². The van der Waals surface area contributed by atoms with E-state index in [0.717, 1.165) is 12.8 Å². The summed E-state index contributed by atoms with van der Waals surface area (Å²) in [6.07, 6.45) is 1.83. The molecule has 0 saturated heterocycles. The van der Waals surface area contributed by atoms with Gasteiger partial charge in [0.25, 0.3) is 0 Å². The van der Waals surface area contributed by atoms with Crippen molar-refractivity contribution in [2.45, 2.75) is 45.7 Å². The molecule has 1 aliphatic heterocycles. The lowest BCUT2D eigenvalue weighted by Gasteiger charge is -2.35. The Labute approximate surface area is 116 Å². The SMILES string of the molecule is CCC(C)N(C)C(=O)C1Cc2ccccc2NC1C. The van der Waals surface area contributed by atoms with Gasteiger partial charge in [0.2, 0.25) is 5.91 Å². The molecule has 0 saturated carbocycles. The van der Waals surface area contributed by atoms with Crippen LogP contribution in [0.25, 0.3) is 0 Å².